The van der Waals surface area contributed by atoms with E-state index in [1.807, 2.05) is 6.07 Å². The molecule has 1 aromatic carbocycles. The minimum atomic E-state index is 0.909. The van der Waals surface area contributed by atoms with Gasteiger partial charge in [-0.1, -0.05) is 25.1 Å². The summed E-state index contributed by atoms with van der Waals surface area (Å²) in [7, 11) is 0. The zero-order chi connectivity index (χ0) is 10.1. The van der Waals surface area contributed by atoms with Gasteiger partial charge in [-0.05, 0) is 19.1 Å². The molecule has 1 aromatic rings. The van der Waals surface area contributed by atoms with Crippen molar-refractivity contribution in [2.75, 3.05) is 0 Å². The topological polar surface area (TPSA) is 24.4 Å². The standard InChI is InChI=1S/C12H14N2/c1-4-12-13-9(3)10-7-8(2)5-6-11(10)14-12/h5-7H,3-4H2,1-2H3,(H,13,14). The highest BCUT2D eigenvalue weighted by Gasteiger charge is 2.12. The third kappa shape index (κ3) is 1.43. The Balaban J connectivity index is 2.54. The van der Waals surface area contributed by atoms with E-state index in [0.29, 0.717) is 0 Å². The highest BCUT2D eigenvalue weighted by molar-refractivity contribution is 5.97. The number of hydrogen-bond acceptors (Lipinski definition) is 2. The number of amidine groups is 1. The van der Waals surface area contributed by atoms with Crippen molar-refractivity contribution in [1.82, 2.24) is 5.32 Å². The summed E-state index contributed by atoms with van der Waals surface area (Å²) in [6, 6.07) is 6.24. The lowest BCUT2D eigenvalue weighted by atomic mass is 10.1. The number of fused-ring (bicyclic) bond motifs is 1. The maximum absolute atomic E-state index is 4.50. The van der Waals surface area contributed by atoms with Gasteiger partial charge in [-0.2, -0.15) is 0 Å². The van der Waals surface area contributed by atoms with Gasteiger partial charge in [0.05, 0.1) is 5.69 Å². The zero-order valence-electron chi connectivity index (χ0n) is 8.59. The van der Waals surface area contributed by atoms with Crippen molar-refractivity contribution < 1.29 is 0 Å². The number of nitrogens with one attached hydrogen (secondary N) is 1. The van der Waals surface area contributed by atoms with Crippen molar-refractivity contribution in [1.29, 1.82) is 0 Å². The van der Waals surface area contributed by atoms with Gasteiger partial charge in [-0.25, -0.2) is 4.99 Å². The van der Waals surface area contributed by atoms with Gasteiger partial charge in [-0.3, -0.25) is 0 Å². The summed E-state index contributed by atoms with van der Waals surface area (Å²) >= 11 is 0. The van der Waals surface area contributed by atoms with E-state index in [1.165, 1.54) is 5.56 Å². The van der Waals surface area contributed by atoms with Crippen LogP contribution in [0.15, 0.2) is 29.8 Å². The van der Waals surface area contributed by atoms with Gasteiger partial charge in [0.2, 0.25) is 0 Å². The van der Waals surface area contributed by atoms with E-state index < -0.39 is 0 Å². The van der Waals surface area contributed by atoms with Crippen molar-refractivity contribution in [2.45, 2.75) is 20.3 Å². The molecule has 72 valence electrons. The van der Waals surface area contributed by atoms with Crippen molar-refractivity contribution >= 4 is 17.2 Å². The molecule has 0 aromatic heterocycles. The van der Waals surface area contributed by atoms with Gasteiger partial charge in [0.25, 0.3) is 0 Å². The SMILES string of the molecule is C=C1NC(CC)=Nc2ccc(C)cc21. The summed E-state index contributed by atoms with van der Waals surface area (Å²) in [5.74, 6) is 0.992. The molecule has 0 amide bonds. The van der Waals surface area contributed by atoms with Crippen molar-refractivity contribution in [3.8, 4) is 0 Å². The summed E-state index contributed by atoms with van der Waals surface area (Å²) in [6.45, 7) is 8.16. The number of benzene rings is 1. The number of nitrogens with zero attached hydrogens (tertiary/aromatic N) is 1. The maximum Gasteiger partial charge on any atom is 0.106 e. The van der Waals surface area contributed by atoms with Gasteiger partial charge in [0, 0.05) is 17.7 Å². The van der Waals surface area contributed by atoms with Crippen LogP contribution in [0.1, 0.15) is 24.5 Å². The second-order valence-electron chi connectivity index (χ2n) is 3.54. The number of aryl methyl sites for hydroxylation is 1. The Morgan fingerprint density at radius 2 is 2.21 bits per heavy atom. The quantitative estimate of drug-likeness (QED) is 0.716. The Morgan fingerprint density at radius 3 is 2.93 bits per heavy atom. The predicted molar refractivity (Wildman–Crippen MR) is 60.7 cm³/mol. The Morgan fingerprint density at radius 1 is 1.43 bits per heavy atom. The molecule has 0 saturated heterocycles. The molecular weight excluding hydrogens is 172 g/mol. The fourth-order valence-corrected chi connectivity index (χ4v) is 1.57. The highest BCUT2D eigenvalue weighted by Crippen LogP contribution is 2.28. The normalized spacial score (nSPS) is 14.4. The minimum absolute atomic E-state index is 0.909. The monoisotopic (exact) mass is 186 g/mol. The molecule has 14 heavy (non-hydrogen) atoms. The van der Waals surface area contributed by atoms with Crippen LogP contribution >= 0.6 is 0 Å². The number of rotatable bonds is 1. The van der Waals surface area contributed by atoms with Gasteiger partial charge in [-0.15, -0.1) is 0 Å². The molecule has 1 N–H and O–H groups in total. The number of aliphatic imine (C=N–C) groups is 1. The van der Waals surface area contributed by atoms with E-state index in [1.54, 1.807) is 0 Å². The van der Waals surface area contributed by atoms with Crippen LogP contribution in [0.25, 0.3) is 5.70 Å². The molecule has 2 heteroatoms. The van der Waals surface area contributed by atoms with Crippen LogP contribution in [0.4, 0.5) is 5.69 Å². The summed E-state index contributed by atoms with van der Waals surface area (Å²) in [4.78, 5) is 4.50. The first-order valence-electron chi connectivity index (χ1n) is 4.85. The molecule has 2 nitrogen and oxygen atoms in total. The second kappa shape index (κ2) is 3.29. The summed E-state index contributed by atoms with van der Waals surface area (Å²) in [6.07, 6.45) is 0.909. The molecule has 0 fully saturated rings. The molecule has 0 spiro atoms. The van der Waals surface area contributed by atoms with Crippen LogP contribution < -0.4 is 5.32 Å². The first-order valence-corrected chi connectivity index (χ1v) is 4.85. The molecule has 1 heterocycles. The van der Waals surface area contributed by atoms with Gasteiger partial charge < -0.3 is 5.32 Å². The Bertz CT molecular complexity index is 416. The molecule has 0 saturated carbocycles. The fourth-order valence-electron chi connectivity index (χ4n) is 1.57. The molecule has 0 atom stereocenters. The van der Waals surface area contributed by atoms with Gasteiger partial charge in [0.15, 0.2) is 0 Å². The Kier molecular flexibility index (Phi) is 2.12. The molecule has 1 aliphatic rings. The molecule has 0 radical (unpaired) electrons. The van der Waals surface area contributed by atoms with Gasteiger partial charge in [0.1, 0.15) is 5.84 Å². The van der Waals surface area contributed by atoms with Crippen LogP contribution in [0.3, 0.4) is 0 Å². The molecule has 0 aliphatic carbocycles. The fraction of sp³-hybridized carbons (Fsp3) is 0.250. The van der Waals surface area contributed by atoms with E-state index in [-0.39, 0.29) is 0 Å². The predicted octanol–water partition coefficient (Wildman–Crippen LogP) is 3.01. The van der Waals surface area contributed by atoms with E-state index in [9.17, 15) is 0 Å². The molecule has 1 aliphatic heterocycles. The third-order valence-electron chi connectivity index (χ3n) is 2.36. The first-order chi connectivity index (χ1) is 6.70. The lowest BCUT2D eigenvalue weighted by molar-refractivity contribution is 1.12. The van der Waals surface area contributed by atoms with Crippen molar-refractivity contribution in [3.63, 3.8) is 0 Å². The van der Waals surface area contributed by atoms with Crippen LogP contribution in [0.2, 0.25) is 0 Å². The lowest BCUT2D eigenvalue weighted by Crippen LogP contribution is -2.23. The van der Waals surface area contributed by atoms with E-state index in [2.05, 4.69) is 42.9 Å². The molecule has 2 rings (SSSR count). The minimum Gasteiger partial charge on any atom is -0.344 e. The van der Waals surface area contributed by atoms with Crippen LogP contribution in [0.5, 0.6) is 0 Å². The average molecular weight is 186 g/mol. The van der Waals surface area contributed by atoms with Crippen molar-refractivity contribution in [3.05, 3.63) is 35.9 Å². The summed E-state index contributed by atoms with van der Waals surface area (Å²) < 4.78 is 0. The van der Waals surface area contributed by atoms with Crippen molar-refractivity contribution in [2.24, 2.45) is 4.99 Å². The summed E-state index contributed by atoms with van der Waals surface area (Å²) in [5.41, 5.74) is 4.33. The van der Waals surface area contributed by atoms with E-state index in [4.69, 9.17) is 0 Å². The smallest absolute Gasteiger partial charge is 0.106 e. The Labute approximate surface area is 84.4 Å². The highest BCUT2D eigenvalue weighted by atomic mass is 15.0. The maximum atomic E-state index is 4.50. The summed E-state index contributed by atoms with van der Waals surface area (Å²) in [5, 5.41) is 3.20. The molecule has 0 unspecified atom stereocenters. The second-order valence-corrected chi connectivity index (χ2v) is 3.54. The number of hydrogen-bond donors (Lipinski definition) is 1. The lowest BCUT2D eigenvalue weighted by Gasteiger charge is -2.19. The van der Waals surface area contributed by atoms with Gasteiger partial charge >= 0.3 is 0 Å². The van der Waals surface area contributed by atoms with Crippen LogP contribution in [0, 0.1) is 6.92 Å². The largest absolute Gasteiger partial charge is 0.344 e. The first kappa shape index (κ1) is 9.00. The molecular formula is C12H14N2. The van der Waals surface area contributed by atoms with E-state index >= 15 is 0 Å². The Hall–Kier alpha value is -1.57. The molecule has 0 bridgehead atoms. The van der Waals surface area contributed by atoms with Crippen LogP contribution in [-0.4, -0.2) is 5.84 Å². The van der Waals surface area contributed by atoms with E-state index in [0.717, 1.165) is 29.2 Å². The third-order valence-corrected chi connectivity index (χ3v) is 2.36. The average Bonchev–Trinajstić information content (AvgIpc) is 2.19. The zero-order valence-corrected chi connectivity index (χ0v) is 8.59. The van der Waals surface area contributed by atoms with Crippen LogP contribution in [-0.2, 0) is 0 Å².